The zero-order valence-corrected chi connectivity index (χ0v) is 11.4. The van der Waals surface area contributed by atoms with Gasteiger partial charge in [0.05, 0.1) is 12.1 Å². The summed E-state index contributed by atoms with van der Waals surface area (Å²) in [5, 5.41) is 3.20. The highest BCUT2D eigenvalue weighted by atomic mass is 32.2. The minimum absolute atomic E-state index is 0.134. The summed E-state index contributed by atoms with van der Waals surface area (Å²) in [4.78, 5) is 3.92. The van der Waals surface area contributed by atoms with Crippen molar-refractivity contribution in [1.29, 1.82) is 0 Å². The maximum atomic E-state index is 11.8. The number of sulfonamides is 1. The van der Waals surface area contributed by atoms with Gasteiger partial charge in [-0.05, 0) is 19.8 Å². The van der Waals surface area contributed by atoms with Gasteiger partial charge in [-0.3, -0.25) is 0 Å². The third kappa shape index (κ3) is 4.75. The first-order valence-electron chi connectivity index (χ1n) is 6.24. The van der Waals surface area contributed by atoms with Crippen molar-refractivity contribution in [1.82, 2.24) is 19.6 Å². The zero-order valence-electron chi connectivity index (χ0n) is 10.5. The zero-order chi connectivity index (χ0) is 13.0. The molecule has 1 unspecified atom stereocenters. The van der Waals surface area contributed by atoms with E-state index in [-0.39, 0.29) is 11.8 Å². The Balaban J connectivity index is 1.71. The average molecular weight is 272 g/mol. The summed E-state index contributed by atoms with van der Waals surface area (Å²) in [6, 6.07) is 0.411. The van der Waals surface area contributed by atoms with Crippen molar-refractivity contribution in [2.75, 3.05) is 12.3 Å². The first-order chi connectivity index (χ1) is 8.55. The van der Waals surface area contributed by atoms with Crippen LogP contribution in [0, 0.1) is 0 Å². The minimum atomic E-state index is -3.20. The van der Waals surface area contributed by atoms with Crippen LogP contribution in [0.15, 0.2) is 18.7 Å². The molecule has 0 bridgehead atoms. The van der Waals surface area contributed by atoms with Gasteiger partial charge in [-0.25, -0.2) is 18.1 Å². The number of imidazole rings is 1. The molecule has 2 rings (SSSR count). The quantitative estimate of drug-likeness (QED) is 0.695. The Morgan fingerprint density at radius 1 is 1.50 bits per heavy atom. The van der Waals surface area contributed by atoms with Crippen LogP contribution in [0.4, 0.5) is 0 Å². The van der Waals surface area contributed by atoms with Crippen LogP contribution in [0.2, 0.25) is 0 Å². The number of rotatable bonds is 8. The van der Waals surface area contributed by atoms with Gasteiger partial charge < -0.3 is 9.88 Å². The molecule has 2 N–H and O–H groups in total. The molecule has 1 fully saturated rings. The standard InChI is InChI=1S/C11H20N4O2S/c1-10(8-15-6-4-12-9-15)14-18(16,17)7-5-13-11-2-3-11/h4,6,9-11,13-14H,2-3,5,7-8H2,1H3. The van der Waals surface area contributed by atoms with Crippen LogP contribution >= 0.6 is 0 Å². The Hall–Kier alpha value is -0.920. The van der Waals surface area contributed by atoms with E-state index in [1.165, 1.54) is 12.8 Å². The van der Waals surface area contributed by atoms with Crippen molar-refractivity contribution >= 4 is 10.0 Å². The van der Waals surface area contributed by atoms with E-state index in [9.17, 15) is 8.42 Å². The van der Waals surface area contributed by atoms with E-state index in [4.69, 9.17) is 0 Å². The van der Waals surface area contributed by atoms with Gasteiger partial charge >= 0.3 is 0 Å². The highest BCUT2D eigenvalue weighted by molar-refractivity contribution is 7.89. The summed E-state index contributed by atoms with van der Waals surface area (Å²) in [6.45, 7) is 2.97. The Morgan fingerprint density at radius 3 is 2.89 bits per heavy atom. The van der Waals surface area contributed by atoms with Crippen LogP contribution in [0.5, 0.6) is 0 Å². The summed E-state index contributed by atoms with van der Waals surface area (Å²) in [7, 11) is -3.20. The molecule has 1 heterocycles. The van der Waals surface area contributed by atoms with Gasteiger partial charge in [-0.2, -0.15) is 0 Å². The fourth-order valence-corrected chi connectivity index (χ4v) is 2.99. The molecule has 6 nitrogen and oxygen atoms in total. The molecule has 1 atom stereocenters. The molecule has 0 aliphatic heterocycles. The van der Waals surface area contributed by atoms with E-state index < -0.39 is 10.0 Å². The molecule has 0 saturated heterocycles. The normalized spacial score (nSPS) is 17.8. The van der Waals surface area contributed by atoms with E-state index in [0.29, 0.717) is 19.1 Å². The van der Waals surface area contributed by atoms with E-state index in [0.717, 1.165) is 0 Å². The predicted octanol–water partition coefficient (Wildman–Crippen LogP) is -0.0570. The summed E-state index contributed by atoms with van der Waals surface area (Å²) in [5.74, 6) is 0.137. The molecule has 1 aromatic heterocycles. The van der Waals surface area contributed by atoms with Crippen LogP contribution < -0.4 is 10.0 Å². The van der Waals surface area contributed by atoms with Crippen molar-refractivity contribution in [2.45, 2.75) is 38.4 Å². The summed E-state index contributed by atoms with van der Waals surface area (Å²) in [6.07, 6.45) is 7.52. The van der Waals surface area contributed by atoms with Crippen molar-refractivity contribution in [3.05, 3.63) is 18.7 Å². The molecule has 0 spiro atoms. The summed E-state index contributed by atoms with van der Waals surface area (Å²) in [5.41, 5.74) is 0. The van der Waals surface area contributed by atoms with E-state index >= 15 is 0 Å². The van der Waals surface area contributed by atoms with E-state index in [2.05, 4.69) is 15.0 Å². The molecule has 1 aliphatic carbocycles. The van der Waals surface area contributed by atoms with Gasteiger partial charge in [0.1, 0.15) is 0 Å². The Labute approximate surface area is 108 Å². The average Bonchev–Trinajstić information content (AvgIpc) is 2.94. The molecule has 102 valence electrons. The van der Waals surface area contributed by atoms with Crippen LogP contribution in [-0.2, 0) is 16.6 Å². The van der Waals surface area contributed by atoms with E-state index in [1.54, 1.807) is 12.5 Å². The van der Waals surface area contributed by atoms with Gasteiger partial charge in [-0.1, -0.05) is 0 Å². The SMILES string of the molecule is CC(Cn1ccnc1)NS(=O)(=O)CCNC1CC1. The fraction of sp³-hybridized carbons (Fsp3) is 0.727. The molecule has 1 aliphatic rings. The van der Waals surface area contributed by atoms with Crippen LogP contribution in [-0.4, -0.2) is 42.4 Å². The predicted molar refractivity (Wildman–Crippen MR) is 69.6 cm³/mol. The molecule has 1 aromatic rings. The Morgan fingerprint density at radius 2 is 2.28 bits per heavy atom. The lowest BCUT2D eigenvalue weighted by molar-refractivity contribution is 0.518. The maximum Gasteiger partial charge on any atom is 0.213 e. The van der Waals surface area contributed by atoms with Crippen molar-refractivity contribution in [3.8, 4) is 0 Å². The lowest BCUT2D eigenvalue weighted by Crippen LogP contribution is -2.39. The molecule has 18 heavy (non-hydrogen) atoms. The van der Waals surface area contributed by atoms with Crippen molar-refractivity contribution in [3.63, 3.8) is 0 Å². The second-order valence-electron chi connectivity index (χ2n) is 4.83. The fourth-order valence-electron chi connectivity index (χ4n) is 1.80. The third-order valence-corrected chi connectivity index (χ3v) is 4.31. The summed E-state index contributed by atoms with van der Waals surface area (Å²) < 4.78 is 28.1. The van der Waals surface area contributed by atoms with Gasteiger partial charge in [0, 0.05) is 37.6 Å². The van der Waals surface area contributed by atoms with Gasteiger partial charge in [0.2, 0.25) is 10.0 Å². The number of nitrogens with one attached hydrogen (secondary N) is 2. The van der Waals surface area contributed by atoms with Gasteiger partial charge in [0.15, 0.2) is 0 Å². The first kappa shape index (κ1) is 13.5. The topological polar surface area (TPSA) is 76.0 Å². The van der Waals surface area contributed by atoms with Gasteiger partial charge in [0.25, 0.3) is 0 Å². The minimum Gasteiger partial charge on any atom is -0.336 e. The second kappa shape index (κ2) is 5.81. The molecule has 0 radical (unpaired) electrons. The maximum absolute atomic E-state index is 11.8. The van der Waals surface area contributed by atoms with Crippen LogP contribution in [0.25, 0.3) is 0 Å². The molecular weight excluding hydrogens is 252 g/mol. The molecular formula is C11H20N4O2S. The number of hydrogen-bond acceptors (Lipinski definition) is 4. The lowest BCUT2D eigenvalue weighted by Gasteiger charge is -2.14. The number of nitrogens with zero attached hydrogens (tertiary/aromatic N) is 2. The molecule has 7 heteroatoms. The van der Waals surface area contributed by atoms with Crippen LogP contribution in [0.3, 0.4) is 0 Å². The van der Waals surface area contributed by atoms with Crippen molar-refractivity contribution < 1.29 is 8.42 Å². The van der Waals surface area contributed by atoms with E-state index in [1.807, 2.05) is 17.7 Å². The second-order valence-corrected chi connectivity index (χ2v) is 6.70. The third-order valence-electron chi connectivity index (χ3n) is 2.81. The Bertz CT molecular complexity index is 453. The summed E-state index contributed by atoms with van der Waals surface area (Å²) >= 11 is 0. The van der Waals surface area contributed by atoms with Crippen LogP contribution in [0.1, 0.15) is 19.8 Å². The van der Waals surface area contributed by atoms with Crippen molar-refractivity contribution in [2.24, 2.45) is 0 Å². The highest BCUT2D eigenvalue weighted by Gasteiger charge is 2.21. The smallest absolute Gasteiger partial charge is 0.213 e. The Kier molecular flexibility index (Phi) is 4.36. The lowest BCUT2D eigenvalue weighted by atomic mass is 10.4. The monoisotopic (exact) mass is 272 g/mol. The first-order valence-corrected chi connectivity index (χ1v) is 7.89. The largest absolute Gasteiger partial charge is 0.336 e. The molecule has 1 saturated carbocycles. The van der Waals surface area contributed by atoms with Gasteiger partial charge in [-0.15, -0.1) is 0 Å². The number of hydrogen-bond donors (Lipinski definition) is 2. The number of aromatic nitrogens is 2. The molecule has 0 amide bonds. The highest BCUT2D eigenvalue weighted by Crippen LogP contribution is 2.17. The molecule has 0 aromatic carbocycles.